The first-order valence-corrected chi connectivity index (χ1v) is 14.6. The van der Waals surface area contributed by atoms with Crippen LogP contribution in [0.2, 0.25) is 0 Å². The van der Waals surface area contributed by atoms with E-state index >= 15 is 0 Å². The number of amides is 2. The van der Waals surface area contributed by atoms with Crippen molar-refractivity contribution in [2.45, 2.75) is 86.0 Å². The van der Waals surface area contributed by atoms with E-state index in [1.807, 2.05) is 17.6 Å². The molecule has 2 N–H and O–H groups in total. The van der Waals surface area contributed by atoms with Crippen LogP contribution in [-0.4, -0.2) is 37.6 Å². The molecule has 8 nitrogen and oxygen atoms in total. The third-order valence-corrected chi connectivity index (χ3v) is 11.3. The second-order valence-electron chi connectivity index (χ2n) is 14.2. The van der Waals surface area contributed by atoms with Crippen molar-refractivity contribution in [3.05, 3.63) is 23.3 Å². The van der Waals surface area contributed by atoms with Crippen molar-refractivity contribution < 1.29 is 23.9 Å². The molecular weight excluding hydrogens is 506 g/mol. The largest absolute Gasteiger partial charge is 0.375 e. The van der Waals surface area contributed by atoms with Crippen LogP contribution in [-0.2, 0) is 23.9 Å². The SMILES string of the molecule is CC1(C)CCC2(C)CCC3C(C(=O)C=C4C5(C)C=C(C#N)C(=O)CC5CCC43C)C2C1.COCC(=O)NNC=O. The Morgan fingerprint density at radius 2 is 1.82 bits per heavy atom. The van der Waals surface area contributed by atoms with Crippen LogP contribution in [0.4, 0.5) is 0 Å². The number of nitriles is 1. The summed E-state index contributed by atoms with van der Waals surface area (Å²) in [4.78, 5) is 46.2. The molecule has 5 rings (SSSR count). The number of hydrazine groups is 1. The lowest BCUT2D eigenvalue weighted by Gasteiger charge is -2.63. The fourth-order valence-electron chi connectivity index (χ4n) is 8.96. The molecule has 0 aromatic rings. The highest BCUT2D eigenvalue weighted by molar-refractivity contribution is 6.01. The summed E-state index contributed by atoms with van der Waals surface area (Å²) in [6.45, 7) is 11.7. The highest BCUT2D eigenvalue weighted by atomic mass is 16.5. The molecule has 0 spiro atoms. The van der Waals surface area contributed by atoms with Gasteiger partial charge in [-0.3, -0.25) is 30.0 Å². The Labute approximate surface area is 238 Å². The second kappa shape index (κ2) is 10.9. The van der Waals surface area contributed by atoms with E-state index in [1.165, 1.54) is 31.9 Å². The Kier molecular flexibility index (Phi) is 8.21. The lowest BCUT2D eigenvalue weighted by atomic mass is 9.40. The first-order valence-electron chi connectivity index (χ1n) is 14.6. The molecule has 3 saturated carbocycles. The first kappa shape index (κ1) is 30.2. The van der Waals surface area contributed by atoms with Crippen LogP contribution >= 0.6 is 0 Å². The zero-order valence-electron chi connectivity index (χ0n) is 24.9. The van der Waals surface area contributed by atoms with Gasteiger partial charge in [0.05, 0.1) is 5.57 Å². The highest BCUT2D eigenvalue weighted by Crippen LogP contribution is 2.68. The summed E-state index contributed by atoms with van der Waals surface area (Å²) in [5, 5.41) is 9.55. The maximum atomic E-state index is 13.8. The number of ketones is 2. The molecule has 0 aromatic heterocycles. The molecular formula is C32H45N3O5. The molecule has 0 heterocycles. The van der Waals surface area contributed by atoms with Crippen molar-refractivity contribution in [1.29, 1.82) is 5.26 Å². The van der Waals surface area contributed by atoms with Crippen molar-refractivity contribution in [2.24, 2.45) is 45.3 Å². The summed E-state index contributed by atoms with van der Waals surface area (Å²) in [6.07, 6.45) is 12.8. The van der Waals surface area contributed by atoms with Crippen LogP contribution in [0, 0.1) is 56.7 Å². The number of nitrogens with one attached hydrogen (secondary N) is 2. The van der Waals surface area contributed by atoms with Gasteiger partial charge >= 0.3 is 0 Å². The fourth-order valence-corrected chi connectivity index (χ4v) is 8.96. The minimum atomic E-state index is -0.385. The zero-order chi connectivity index (χ0) is 29.5. The normalized spacial score (nSPS) is 39.2. The molecule has 2 amide bonds. The maximum absolute atomic E-state index is 13.8. The summed E-state index contributed by atoms with van der Waals surface area (Å²) in [6, 6.07) is 2.14. The van der Waals surface area contributed by atoms with Gasteiger partial charge in [-0.05, 0) is 85.0 Å². The molecule has 0 aliphatic heterocycles. The Morgan fingerprint density at radius 1 is 1.10 bits per heavy atom. The number of ether oxygens (including phenoxy) is 1. The minimum absolute atomic E-state index is 0.00972. The van der Waals surface area contributed by atoms with E-state index in [0.717, 1.165) is 25.7 Å². The van der Waals surface area contributed by atoms with Gasteiger partial charge in [0.2, 0.25) is 6.41 Å². The van der Waals surface area contributed by atoms with Crippen LogP contribution < -0.4 is 10.9 Å². The van der Waals surface area contributed by atoms with E-state index in [4.69, 9.17) is 0 Å². The number of methoxy groups -OCH3 is 1. The van der Waals surface area contributed by atoms with Crippen LogP contribution in [0.3, 0.4) is 0 Å². The fraction of sp³-hybridized carbons (Fsp3) is 0.719. The highest BCUT2D eigenvalue weighted by Gasteiger charge is 2.62. The van der Waals surface area contributed by atoms with E-state index in [0.29, 0.717) is 46.9 Å². The Morgan fingerprint density at radius 3 is 2.48 bits per heavy atom. The molecule has 40 heavy (non-hydrogen) atoms. The third kappa shape index (κ3) is 5.18. The van der Waals surface area contributed by atoms with Crippen LogP contribution in [0.15, 0.2) is 23.3 Å². The van der Waals surface area contributed by atoms with Gasteiger partial charge in [-0.15, -0.1) is 0 Å². The average Bonchev–Trinajstić information content (AvgIpc) is 2.89. The number of allylic oxidation sites excluding steroid dienone is 4. The van der Waals surface area contributed by atoms with Gasteiger partial charge in [0, 0.05) is 24.9 Å². The van der Waals surface area contributed by atoms with Gasteiger partial charge in [-0.1, -0.05) is 46.3 Å². The molecule has 3 fully saturated rings. The van der Waals surface area contributed by atoms with Gasteiger partial charge in [0.15, 0.2) is 11.6 Å². The van der Waals surface area contributed by atoms with Gasteiger partial charge in [0.1, 0.15) is 12.7 Å². The number of hydrogen-bond acceptors (Lipinski definition) is 6. The number of rotatable bonds is 4. The molecule has 0 saturated heterocycles. The minimum Gasteiger partial charge on any atom is -0.375 e. The molecule has 8 heteroatoms. The van der Waals surface area contributed by atoms with Crippen molar-refractivity contribution in [1.82, 2.24) is 10.9 Å². The molecule has 218 valence electrons. The van der Waals surface area contributed by atoms with Crippen molar-refractivity contribution in [2.75, 3.05) is 13.7 Å². The topological polar surface area (TPSA) is 125 Å². The lowest BCUT2D eigenvalue weighted by Crippen LogP contribution is -2.58. The smallest absolute Gasteiger partial charge is 0.264 e. The van der Waals surface area contributed by atoms with Gasteiger partial charge < -0.3 is 4.74 Å². The summed E-state index contributed by atoms with van der Waals surface area (Å²) in [7, 11) is 1.39. The summed E-state index contributed by atoms with van der Waals surface area (Å²) >= 11 is 0. The monoisotopic (exact) mass is 551 g/mol. The molecule has 7 unspecified atom stereocenters. The standard InChI is InChI=1S/C28H37NO2.C4H8N2O3/c1-25(2)10-11-26(3)8-7-19-24(20(26)15-25)22(31)13-23-27(19,4)9-6-18-12-21(30)17(16-29)14-28(18,23)5;1-9-2-4(8)6-5-3-7/h13-14,18-20,24H,6-12,15H2,1-5H3;3H,2H2,1H3,(H,5,7)(H,6,8). The summed E-state index contributed by atoms with van der Waals surface area (Å²) < 4.78 is 4.43. The zero-order valence-corrected chi connectivity index (χ0v) is 24.9. The predicted molar refractivity (Wildman–Crippen MR) is 150 cm³/mol. The molecule has 5 aliphatic rings. The molecule has 0 bridgehead atoms. The number of nitrogens with zero attached hydrogens (tertiary/aromatic N) is 1. The molecule has 5 aliphatic carbocycles. The van der Waals surface area contributed by atoms with Gasteiger partial charge in [-0.25, -0.2) is 0 Å². The van der Waals surface area contributed by atoms with Crippen LogP contribution in [0.25, 0.3) is 0 Å². The van der Waals surface area contributed by atoms with Crippen LogP contribution in [0.1, 0.15) is 86.0 Å². The molecule has 0 radical (unpaired) electrons. The van der Waals surface area contributed by atoms with E-state index in [2.05, 4.69) is 50.9 Å². The summed E-state index contributed by atoms with van der Waals surface area (Å²) in [5.74, 6) is 1.13. The maximum Gasteiger partial charge on any atom is 0.264 e. The number of hydrogen-bond donors (Lipinski definition) is 2. The van der Waals surface area contributed by atoms with Gasteiger partial charge in [-0.2, -0.15) is 5.26 Å². The van der Waals surface area contributed by atoms with Crippen LogP contribution in [0.5, 0.6) is 0 Å². The Balaban J connectivity index is 0.000000357. The van der Waals surface area contributed by atoms with Crippen molar-refractivity contribution in [3.63, 3.8) is 0 Å². The number of fused-ring (bicyclic) bond motifs is 7. The Hall–Kier alpha value is -2.79. The average molecular weight is 552 g/mol. The van der Waals surface area contributed by atoms with E-state index in [9.17, 15) is 24.4 Å². The van der Waals surface area contributed by atoms with Gasteiger partial charge in [0.25, 0.3) is 5.91 Å². The van der Waals surface area contributed by atoms with E-state index in [1.54, 1.807) is 0 Å². The van der Waals surface area contributed by atoms with Crippen molar-refractivity contribution in [3.8, 4) is 6.07 Å². The first-order chi connectivity index (χ1) is 18.7. The molecule has 7 atom stereocenters. The number of Topliss-reactive ketones (excluding diaryl/α,β-unsaturated/α-hetero) is 1. The van der Waals surface area contributed by atoms with E-state index in [-0.39, 0.29) is 41.0 Å². The number of carbonyl (C=O) groups is 4. The van der Waals surface area contributed by atoms with E-state index < -0.39 is 0 Å². The summed E-state index contributed by atoms with van der Waals surface area (Å²) in [5.41, 5.74) is 5.79. The molecule has 0 aromatic carbocycles. The quantitative estimate of drug-likeness (QED) is 0.388. The predicted octanol–water partition coefficient (Wildman–Crippen LogP) is 4.61. The Bertz CT molecular complexity index is 1180. The second-order valence-corrected chi connectivity index (χ2v) is 14.2. The third-order valence-electron chi connectivity index (χ3n) is 11.3. The number of carbonyl (C=O) groups excluding carboxylic acids is 4. The van der Waals surface area contributed by atoms with Crippen molar-refractivity contribution >= 4 is 23.9 Å². The lowest BCUT2D eigenvalue weighted by molar-refractivity contribution is -0.143.